The molecule has 0 aliphatic rings. The molecule has 0 fully saturated rings. The van der Waals surface area contributed by atoms with E-state index in [0.29, 0.717) is 6.42 Å². The summed E-state index contributed by atoms with van der Waals surface area (Å²) in [6.07, 6.45) is 47.5. The van der Waals surface area contributed by atoms with Gasteiger partial charge in [-0.05, 0) is 32.1 Å². The van der Waals surface area contributed by atoms with Gasteiger partial charge in [-0.3, -0.25) is 4.79 Å². The van der Waals surface area contributed by atoms with Crippen molar-refractivity contribution in [1.29, 1.82) is 0 Å². The first-order valence-corrected chi connectivity index (χ1v) is 21.6. The SMILES string of the molecule is CCCCCCCCC/C=C/CC/C=C/C(O)C(CO)NC(=O)CC(O)CCCCCCCCCCCCCCCCCCCCCCC. The Labute approximate surface area is 305 Å². The van der Waals surface area contributed by atoms with Gasteiger partial charge in [-0.1, -0.05) is 212 Å². The van der Waals surface area contributed by atoms with Crippen molar-refractivity contribution in [3.8, 4) is 0 Å². The van der Waals surface area contributed by atoms with Crippen LogP contribution in [0.5, 0.6) is 0 Å². The standard InChI is InChI=1S/C44H85NO4/c1-3-5-7-9-11-13-15-17-18-19-20-21-22-23-24-26-27-29-31-33-35-37-41(47)39-44(49)45-42(40-46)43(48)38-36-34-32-30-28-25-16-14-12-10-8-6-4-2/h28,30,36,38,41-43,46-48H,3-27,29,31-35,37,39-40H2,1-2H3,(H,45,49)/b30-28+,38-36+. The summed E-state index contributed by atoms with van der Waals surface area (Å²) in [5, 5.41) is 33.1. The van der Waals surface area contributed by atoms with Gasteiger partial charge >= 0.3 is 0 Å². The van der Waals surface area contributed by atoms with Gasteiger partial charge in [-0.2, -0.15) is 0 Å². The van der Waals surface area contributed by atoms with Crippen molar-refractivity contribution in [2.45, 2.75) is 244 Å². The predicted octanol–water partition coefficient (Wildman–Crippen LogP) is 12.2. The molecule has 5 heteroatoms. The normalized spacial score (nSPS) is 13.8. The summed E-state index contributed by atoms with van der Waals surface area (Å²) in [4.78, 5) is 12.4. The second-order valence-electron chi connectivity index (χ2n) is 15.0. The number of hydrogen-bond acceptors (Lipinski definition) is 4. The summed E-state index contributed by atoms with van der Waals surface area (Å²) < 4.78 is 0. The van der Waals surface area contributed by atoms with E-state index in [1.807, 2.05) is 6.08 Å². The third kappa shape index (κ3) is 36.4. The molecule has 0 saturated heterocycles. The summed E-state index contributed by atoms with van der Waals surface area (Å²) in [6.45, 7) is 4.20. The maximum absolute atomic E-state index is 12.4. The molecule has 3 atom stereocenters. The van der Waals surface area contributed by atoms with E-state index in [2.05, 4.69) is 31.3 Å². The summed E-state index contributed by atoms with van der Waals surface area (Å²) in [6, 6.07) is -0.756. The number of allylic oxidation sites excluding steroid dienone is 3. The van der Waals surface area contributed by atoms with Gasteiger partial charge in [0.2, 0.25) is 5.91 Å². The highest BCUT2D eigenvalue weighted by molar-refractivity contribution is 5.76. The van der Waals surface area contributed by atoms with E-state index < -0.39 is 18.2 Å². The Morgan fingerprint density at radius 2 is 0.878 bits per heavy atom. The van der Waals surface area contributed by atoms with Gasteiger partial charge in [0.1, 0.15) is 0 Å². The van der Waals surface area contributed by atoms with E-state index >= 15 is 0 Å². The quantitative estimate of drug-likeness (QED) is 0.0381. The van der Waals surface area contributed by atoms with Crippen LogP contribution in [-0.4, -0.2) is 46.1 Å². The molecule has 49 heavy (non-hydrogen) atoms. The Morgan fingerprint density at radius 1 is 0.510 bits per heavy atom. The third-order valence-electron chi connectivity index (χ3n) is 9.99. The fraction of sp³-hybridized carbons (Fsp3) is 0.886. The van der Waals surface area contributed by atoms with Crippen LogP contribution in [0.25, 0.3) is 0 Å². The van der Waals surface area contributed by atoms with Crippen LogP contribution in [0.15, 0.2) is 24.3 Å². The van der Waals surface area contributed by atoms with E-state index in [-0.39, 0.29) is 18.9 Å². The Hall–Kier alpha value is -1.17. The molecule has 0 aromatic rings. The van der Waals surface area contributed by atoms with Gasteiger partial charge in [-0.25, -0.2) is 0 Å². The van der Waals surface area contributed by atoms with E-state index in [9.17, 15) is 20.1 Å². The summed E-state index contributed by atoms with van der Waals surface area (Å²) in [5.74, 6) is -0.323. The van der Waals surface area contributed by atoms with E-state index in [0.717, 1.165) is 32.1 Å². The number of hydrogen-bond donors (Lipinski definition) is 4. The molecule has 290 valence electrons. The van der Waals surface area contributed by atoms with Crippen LogP contribution >= 0.6 is 0 Å². The van der Waals surface area contributed by atoms with Gasteiger partial charge in [0.15, 0.2) is 0 Å². The summed E-state index contributed by atoms with van der Waals surface area (Å²) >= 11 is 0. The van der Waals surface area contributed by atoms with Crippen LogP contribution in [0.3, 0.4) is 0 Å². The minimum absolute atomic E-state index is 0.00959. The van der Waals surface area contributed by atoms with Gasteiger partial charge in [0.05, 0.1) is 31.3 Å². The fourth-order valence-electron chi connectivity index (χ4n) is 6.65. The minimum Gasteiger partial charge on any atom is -0.394 e. The molecule has 0 saturated carbocycles. The second-order valence-corrected chi connectivity index (χ2v) is 15.0. The highest BCUT2D eigenvalue weighted by Crippen LogP contribution is 2.16. The molecular formula is C44H85NO4. The maximum atomic E-state index is 12.4. The molecule has 0 rings (SSSR count). The Bertz CT molecular complexity index is 724. The maximum Gasteiger partial charge on any atom is 0.222 e. The summed E-state index contributed by atoms with van der Waals surface area (Å²) in [5.41, 5.74) is 0. The molecule has 4 N–H and O–H groups in total. The van der Waals surface area contributed by atoms with Gasteiger partial charge in [0, 0.05) is 0 Å². The van der Waals surface area contributed by atoms with Crippen molar-refractivity contribution in [3.63, 3.8) is 0 Å². The van der Waals surface area contributed by atoms with E-state index in [1.54, 1.807) is 6.08 Å². The molecule has 0 spiro atoms. The zero-order valence-electron chi connectivity index (χ0n) is 32.8. The molecule has 0 radical (unpaired) electrons. The number of nitrogens with one attached hydrogen (secondary N) is 1. The predicted molar refractivity (Wildman–Crippen MR) is 213 cm³/mol. The Kier molecular flexibility index (Phi) is 38.7. The number of rotatable bonds is 39. The van der Waals surface area contributed by atoms with E-state index in [1.165, 1.54) is 167 Å². The molecule has 0 aromatic carbocycles. The van der Waals surface area contributed by atoms with Crippen LogP contribution in [0.2, 0.25) is 0 Å². The largest absolute Gasteiger partial charge is 0.394 e. The lowest BCUT2D eigenvalue weighted by molar-refractivity contribution is -0.124. The van der Waals surface area contributed by atoms with E-state index in [4.69, 9.17) is 0 Å². The van der Waals surface area contributed by atoms with Crippen LogP contribution in [0.4, 0.5) is 0 Å². The zero-order valence-corrected chi connectivity index (χ0v) is 32.8. The highest BCUT2D eigenvalue weighted by Gasteiger charge is 2.20. The molecular weight excluding hydrogens is 606 g/mol. The highest BCUT2D eigenvalue weighted by atomic mass is 16.3. The van der Waals surface area contributed by atoms with Crippen molar-refractivity contribution < 1.29 is 20.1 Å². The average molecular weight is 692 g/mol. The third-order valence-corrected chi connectivity index (χ3v) is 9.99. The molecule has 0 heterocycles. The van der Waals surface area contributed by atoms with Gasteiger partial charge in [0.25, 0.3) is 0 Å². The van der Waals surface area contributed by atoms with Crippen molar-refractivity contribution in [2.75, 3.05) is 6.61 Å². The van der Waals surface area contributed by atoms with Gasteiger partial charge in [-0.15, -0.1) is 0 Å². The smallest absolute Gasteiger partial charge is 0.222 e. The fourth-order valence-corrected chi connectivity index (χ4v) is 6.65. The molecule has 0 aliphatic heterocycles. The van der Waals surface area contributed by atoms with Crippen LogP contribution in [0, 0.1) is 0 Å². The number of aliphatic hydroxyl groups excluding tert-OH is 3. The molecule has 0 aromatic heterocycles. The number of carbonyl (C=O) groups excluding carboxylic acids is 1. The average Bonchev–Trinajstić information content (AvgIpc) is 3.09. The lowest BCUT2D eigenvalue weighted by Crippen LogP contribution is -2.45. The molecule has 5 nitrogen and oxygen atoms in total. The van der Waals surface area contributed by atoms with Crippen molar-refractivity contribution >= 4 is 5.91 Å². The number of amides is 1. The monoisotopic (exact) mass is 692 g/mol. The van der Waals surface area contributed by atoms with Crippen LogP contribution in [-0.2, 0) is 4.79 Å². The Balaban J connectivity index is 3.64. The van der Waals surface area contributed by atoms with Crippen LogP contribution < -0.4 is 5.32 Å². The Morgan fingerprint density at radius 3 is 1.31 bits per heavy atom. The summed E-state index contributed by atoms with van der Waals surface area (Å²) in [7, 11) is 0. The topological polar surface area (TPSA) is 89.8 Å². The number of aliphatic hydroxyl groups is 3. The first kappa shape index (κ1) is 47.8. The minimum atomic E-state index is -0.947. The molecule has 1 amide bonds. The molecule has 0 aliphatic carbocycles. The number of carbonyl (C=O) groups is 1. The van der Waals surface area contributed by atoms with Crippen molar-refractivity contribution in [2.24, 2.45) is 0 Å². The first-order valence-electron chi connectivity index (χ1n) is 21.6. The van der Waals surface area contributed by atoms with Crippen LogP contribution in [0.1, 0.15) is 226 Å². The van der Waals surface area contributed by atoms with Crippen molar-refractivity contribution in [1.82, 2.24) is 5.32 Å². The first-order chi connectivity index (χ1) is 24.0. The second kappa shape index (κ2) is 39.6. The molecule has 3 unspecified atom stereocenters. The molecule has 0 bridgehead atoms. The lowest BCUT2D eigenvalue weighted by Gasteiger charge is -2.21. The van der Waals surface area contributed by atoms with Crippen molar-refractivity contribution in [3.05, 3.63) is 24.3 Å². The zero-order chi connectivity index (χ0) is 35.9. The van der Waals surface area contributed by atoms with Gasteiger partial charge < -0.3 is 20.6 Å². The number of unbranched alkanes of at least 4 members (excludes halogenated alkanes) is 28. The lowest BCUT2D eigenvalue weighted by atomic mass is 10.0.